The SMILES string of the molecule is CCOC1[C+](c2ccc(C(C)(C)C)cc2)C1c1ccc(C(C)(C)C)cc1. The molecular weight excluding hydrogens is 316 g/mol. The van der Waals surface area contributed by atoms with E-state index in [1.165, 1.54) is 28.2 Å². The molecule has 1 nitrogen and oxygen atoms in total. The summed E-state index contributed by atoms with van der Waals surface area (Å²) in [5.74, 6) is 1.82. The third kappa shape index (κ3) is 3.83. The fourth-order valence-electron chi connectivity index (χ4n) is 3.66. The number of rotatable bonds is 4. The topological polar surface area (TPSA) is 9.23 Å². The van der Waals surface area contributed by atoms with Crippen molar-refractivity contribution in [3.05, 3.63) is 76.7 Å². The number of ether oxygens (including phenoxy) is 1. The second-order valence-corrected chi connectivity index (χ2v) is 9.51. The average Bonchev–Trinajstić information content (AvgIpc) is 3.28. The van der Waals surface area contributed by atoms with Crippen LogP contribution in [0, 0.1) is 5.92 Å². The van der Waals surface area contributed by atoms with E-state index in [1.807, 2.05) is 0 Å². The second-order valence-electron chi connectivity index (χ2n) is 9.51. The predicted molar refractivity (Wildman–Crippen MR) is 111 cm³/mol. The summed E-state index contributed by atoms with van der Waals surface area (Å²) in [6.45, 7) is 16.4. The van der Waals surface area contributed by atoms with E-state index in [4.69, 9.17) is 4.74 Å². The molecule has 2 unspecified atom stereocenters. The Labute approximate surface area is 159 Å². The lowest BCUT2D eigenvalue weighted by atomic mass is 9.86. The standard InChI is InChI=1S/C25H33O/c1-8-26-23-21(17-9-13-19(14-10-17)24(2,3)4)22(23)18-11-15-20(16-12-18)25(5,6)7/h9-16,21,23H,8H2,1-7H3/q+1. The van der Waals surface area contributed by atoms with Crippen molar-refractivity contribution in [2.75, 3.05) is 6.61 Å². The van der Waals surface area contributed by atoms with E-state index in [1.54, 1.807) is 0 Å². The molecule has 0 saturated heterocycles. The largest absolute Gasteiger partial charge is 0.359 e. The van der Waals surface area contributed by atoms with Crippen molar-refractivity contribution >= 4 is 0 Å². The van der Waals surface area contributed by atoms with Crippen LogP contribution in [-0.4, -0.2) is 12.7 Å². The monoisotopic (exact) mass is 349 g/mol. The van der Waals surface area contributed by atoms with Gasteiger partial charge in [-0.3, -0.25) is 0 Å². The Morgan fingerprint density at radius 2 is 1.23 bits per heavy atom. The highest BCUT2D eigenvalue weighted by molar-refractivity contribution is 5.55. The van der Waals surface area contributed by atoms with Gasteiger partial charge in [0.1, 0.15) is 11.7 Å². The van der Waals surface area contributed by atoms with Crippen LogP contribution < -0.4 is 0 Å². The van der Waals surface area contributed by atoms with Crippen LogP contribution in [0.25, 0.3) is 0 Å². The molecule has 3 rings (SSSR count). The fourth-order valence-corrected chi connectivity index (χ4v) is 3.66. The zero-order chi connectivity index (χ0) is 19.1. The van der Waals surface area contributed by atoms with E-state index in [0.717, 1.165) is 6.61 Å². The average molecular weight is 350 g/mol. The molecule has 0 aliphatic heterocycles. The molecule has 1 aliphatic rings. The van der Waals surface area contributed by atoms with E-state index in [2.05, 4.69) is 97.0 Å². The summed E-state index contributed by atoms with van der Waals surface area (Å²) in [5, 5.41) is 0. The first-order valence-electron chi connectivity index (χ1n) is 9.82. The lowest BCUT2D eigenvalue weighted by Gasteiger charge is -2.19. The lowest BCUT2D eigenvalue weighted by molar-refractivity contribution is 0.132. The molecule has 1 aliphatic carbocycles. The molecule has 0 heterocycles. The van der Waals surface area contributed by atoms with E-state index >= 15 is 0 Å². The molecule has 0 N–H and O–H groups in total. The smallest absolute Gasteiger partial charge is 0.146 e. The van der Waals surface area contributed by atoms with Crippen molar-refractivity contribution in [3.63, 3.8) is 0 Å². The molecule has 2 atom stereocenters. The third-order valence-electron chi connectivity index (χ3n) is 5.40. The summed E-state index contributed by atoms with van der Waals surface area (Å²) >= 11 is 0. The van der Waals surface area contributed by atoms with Gasteiger partial charge in [0, 0.05) is 30.9 Å². The Bertz CT molecular complexity index is 662. The highest BCUT2D eigenvalue weighted by Gasteiger charge is 2.59. The lowest BCUT2D eigenvalue weighted by Crippen LogP contribution is -2.10. The van der Waals surface area contributed by atoms with Crippen molar-refractivity contribution in [2.45, 2.75) is 71.3 Å². The van der Waals surface area contributed by atoms with Crippen LogP contribution in [0.3, 0.4) is 0 Å². The summed E-state index contributed by atoms with van der Waals surface area (Å²) in [6.07, 6.45) is 0.223. The Kier molecular flexibility index (Phi) is 4.96. The summed E-state index contributed by atoms with van der Waals surface area (Å²) in [5.41, 5.74) is 5.82. The maximum absolute atomic E-state index is 6.04. The quantitative estimate of drug-likeness (QED) is 0.580. The van der Waals surface area contributed by atoms with Crippen LogP contribution in [0.5, 0.6) is 0 Å². The van der Waals surface area contributed by atoms with E-state index < -0.39 is 0 Å². The van der Waals surface area contributed by atoms with E-state index in [0.29, 0.717) is 5.92 Å². The summed E-state index contributed by atoms with van der Waals surface area (Å²) in [4.78, 5) is 0. The van der Waals surface area contributed by atoms with Gasteiger partial charge in [-0.25, -0.2) is 0 Å². The first kappa shape index (κ1) is 19.0. The Morgan fingerprint density at radius 3 is 1.65 bits per heavy atom. The second kappa shape index (κ2) is 6.78. The summed E-state index contributed by atoms with van der Waals surface area (Å²) in [6, 6.07) is 18.2. The summed E-state index contributed by atoms with van der Waals surface area (Å²) < 4.78 is 6.04. The number of hydrogen-bond donors (Lipinski definition) is 0. The van der Waals surface area contributed by atoms with Crippen LogP contribution in [0.1, 0.15) is 76.6 Å². The van der Waals surface area contributed by atoms with Gasteiger partial charge in [0.25, 0.3) is 0 Å². The highest BCUT2D eigenvalue weighted by atomic mass is 16.5. The normalized spacial score (nSPS) is 20.3. The van der Waals surface area contributed by atoms with Gasteiger partial charge in [0.05, 0.1) is 11.8 Å². The molecule has 0 aromatic heterocycles. The van der Waals surface area contributed by atoms with Gasteiger partial charge < -0.3 is 4.74 Å². The van der Waals surface area contributed by atoms with Crippen LogP contribution in [-0.2, 0) is 15.6 Å². The Balaban J connectivity index is 1.83. The zero-order valence-corrected chi connectivity index (χ0v) is 17.4. The number of benzene rings is 2. The molecular formula is C25H33O+. The molecule has 0 amide bonds. The van der Waals surface area contributed by atoms with E-state index in [-0.39, 0.29) is 16.9 Å². The molecule has 2 aromatic carbocycles. The molecule has 138 valence electrons. The summed E-state index contributed by atoms with van der Waals surface area (Å²) in [7, 11) is 0. The minimum absolute atomic E-state index is 0.189. The fraction of sp³-hybridized carbons (Fsp3) is 0.480. The first-order valence-corrected chi connectivity index (χ1v) is 9.82. The molecule has 1 fully saturated rings. The van der Waals surface area contributed by atoms with Crippen molar-refractivity contribution in [3.8, 4) is 0 Å². The van der Waals surface area contributed by atoms with Gasteiger partial charge in [-0.2, -0.15) is 0 Å². The molecule has 26 heavy (non-hydrogen) atoms. The van der Waals surface area contributed by atoms with Crippen molar-refractivity contribution < 1.29 is 4.74 Å². The van der Waals surface area contributed by atoms with Gasteiger partial charge >= 0.3 is 0 Å². The molecule has 1 saturated carbocycles. The minimum atomic E-state index is 0.189. The van der Waals surface area contributed by atoms with Crippen molar-refractivity contribution in [1.82, 2.24) is 0 Å². The van der Waals surface area contributed by atoms with Gasteiger partial charge in [-0.1, -0.05) is 65.8 Å². The number of hydrogen-bond acceptors (Lipinski definition) is 1. The first-order chi connectivity index (χ1) is 12.1. The van der Waals surface area contributed by atoms with Crippen molar-refractivity contribution in [2.24, 2.45) is 0 Å². The van der Waals surface area contributed by atoms with Crippen LogP contribution >= 0.6 is 0 Å². The van der Waals surface area contributed by atoms with Gasteiger partial charge in [-0.05, 0) is 34.4 Å². The maximum atomic E-state index is 6.04. The van der Waals surface area contributed by atoms with Crippen LogP contribution in [0.2, 0.25) is 0 Å². The van der Waals surface area contributed by atoms with Gasteiger partial charge in [-0.15, -0.1) is 0 Å². The molecule has 0 spiro atoms. The molecule has 2 aromatic rings. The Morgan fingerprint density at radius 1 is 0.769 bits per heavy atom. The van der Waals surface area contributed by atoms with Crippen LogP contribution in [0.4, 0.5) is 0 Å². The third-order valence-corrected chi connectivity index (χ3v) is 5.40. The molecule has 0 radical (unpaired) electrons. The molecule has 0 bridgehead atoms. The van der Waals surface area contributed by atoms with Crippen molar-refractivity contribution in [1.29, 1.82) is 0 Å². The highest BCUT2D eigenvalue weighted by Crippen LogP contribution is 2.56. The minimum Gasteiger partial charge on any atom is -0.359 e. The predicted octanol–water partition coefficient (Wildman–Crippen LogP) is 6.41. The zero-order valence-electron chi connectivity index (χ0n) is 17.4. The maximum Gasteiger partial charge on any atom is 0.146 e. The van der Waals surface area contributed by atoms with Gasteiger partial charge in [0.2, 0.25) is 0 Å². The molecule has 1 heteroatoms. The van der Waals surface area contributed by atoms with Gasteiger partial charge in [0.15, 0.2) is 0 Å². The van der Waals surface area contributed by atoms with Crippen LogP contribution in [0.15, 0.2) is 48.5 Å². The van der Waals surface area contributed by atoms with E-state index in [9.17, 15) is 0 Å². The Hall–Kier alpha value is -1.73.